The van der Waals surface area contributed by atoms with Gasteiger partial charge in [-0.1, -0.05) is 0 Å². The topological polar surface area (TPSA) is 109 Å². The van der Waals surface area contributed by atoms with Crippen molar-refractivity contribution in [3.8, 4) is 0 Å². The molecule has 116 valence electrons. The molecule has 0 bridgehead atoms. The molecular weight excluding hydrogens is 296 g/mol. The van der Waals surface area contributed by atoms with Gasteiger partial charge < -0.3 is 20.2 Å². The van der Waals surface area contributed by atoms with E-state index in [9.17, 15) is 14.4 Å². The number of aliphatic carboxylic acids is 1. The lowest BCUT2D eigenvalue weighted by Crippen LogP contribution is -2.42. The zero-order valence-corrected chi connectivity index (χ0v) is 12.4. The molecular formula is C13H18N2O5S. The number of hydrogen-bond acceptors (Lipinski definition) is 5. The van der Waals surface area contributed by atoms with E-state index in [1.807, 2.05) is 6.26 Å². The summed E-state index contributed by atoms with van der Waals surface area (Å²) in [6, 6.07) is 0.618. The van der Waals surface area contributed by atoms with Crippen LogP contribution in [0.25, 0.3) is 0 Å². The van der Waals surface area contributed by atoms with Gasteiger partial charge in [-0.25, -0.2) is 4.79 Å². The van der Waals surface area contributed by atoms with Gasteiger partial charge in [0.2, 0.25) is 5.91 Å². The van der Waals surface area contributed by atoms with Gasteiger partial charge in [0, 0.05) is 13.0 Å². The standard InChI is InChI=1S/C13H18N2O5S/c1-21-7-4-10(13(18)19)15-11(16)2-5-14-12(17)9-3-6-20-8-9/h3,6,8,10H,2,4-5,7H2,1H3,(H,14,17)(H,15,16)(H,18,19)/t10-/m1/s1. The molecule has 1 atom stereocenters. The van der Waals surface area contributed by atoms with Crippen LogP contribution in [0.15, 0.2) is 23.0 Å². The molecule has 0 unspecified atom stereocenters. The van der Waals surface area contributed by atoms with E-state index in [0.717, 1.165) is 0 Å². The fraction of sp³-hybridized carbons (Fsp3) is 0.462. The number of thioether (sulfide) groups is 1. The van der Waals surface area contributed by atoms with Crippen LogP contribution in [-0.2, 0) is 9.59 Å². The van der Waals surface area contributed by atoms with Crippen LogP contribution in [0.1, 0.15) is 23.2 Å². The van der Waals surface area contributed by atoms with Crippen molar-refractivity contribution >= 4 is 29.5 Å². The van der Waals surface area contributed by atoms with Crippen molar-refractivity contribution in [1.29, 1.82) is 0 Å². The molecule has 0 saturated carbocycles. The molecule has 0 spiro atoms. The number of rotatable bonds is 9. The first-order chi connectivity index (χ1) is 10.0. The fourth-order valence-corrected chi connectivity index (χ4v) is 2.02. The number of amides is 2. The number of furan rings is 1. The molecule has 0 fully saturated rings. The van der Waals surface area contributed by atoms with Gasteiger partial charge in [0.15, 0.2) is 0 Å². The minimum atomic E-state index is -1.06. The van der Waals surface area contributed by atoms with E-state index in [4.69, 9.17) is 9.52 Å². The normalized spacial score (nSPS) is 11.7. The molecule has 3 N–H and O–H groups in total. The summed E-state index contributed by atoms with van der Waals surface area (Å²) in [6.07, 6.45) is 4.94. The highest BCUT2D eigenvalue weighted by atomic mass is 32.2. The first kappa shape index (κ1) is 17.1. The summed E-state index contributed by atoms with van der Waals surface area (Å²) in [6.45, 7) is 0.130. The molecule has 1 heterocycles. The fourth-order valence-electron chi connectivity index (χ4n) is 1.54. The van der Waals surface area contributed by atoms with Gasteiger partial charge >= 0.3 is 5.97 Å². The Labute approximate surface area is 126 Å². The van der Waals surface area contributed by atoms with Crippen LogP contribution in [0, 0.1) is 0 Å². The van der Waals surface area contributed by atoms with E-state index in [1.165, 1.54) is 30.4 Å². The van der Waals surface area contributed by atoms with E-state index in [0.29, 0.717) is 17.7 Å². The van der Waals surface area contributed by atoms with Gasteiger partial charge in [-0.3, -0.25) is 9.59 Å². The summed E-state index contributed by atoms with van der Waals surface area (Å²) in [5.41, 5.74) is 0.374. The zero-order valence-electron chi connectivity index (χ0n) is 11.6. The number of carboxylic acids is 1. The van der Waals surface area contributed by atoms with E-state index < -0.39 is 17.9 Å². The summed E-state index contributed by atoms with van der Waals surface area (Å²) >= 11 is 1.51. The van der Waals surface area contributed by atoms with Crippen molar-refractivity contribution < 1.29 is 23.9 Å². The Bertz CT molecular complexity index is 475. The summed E-state index contributed by atoms with van der Waals surface area (Å²) < 4.78 is 4.77. The lowest BCUT2D eigenvalue weighted by molar-refractivity contribution is -0.141. The molecule has 0 radical (unpaired) electrons. The number of hydrogen-bond donors (Lipinski definition) is 3. The maximum atomic E-state index is 11.6. The highest BCUT2D eigenvalue weighted by Crippen LogP contribution is 2.02. The predicted molar refractivity (Wildman–Crippen MR) is 78.2 cm³/mol. The van der Waals surface area contributed by atoms with Crippen molar-refractivity contribution in [3.63, 3.8) is 0 Å². The number of carbonyl (C=O) groups excluding carboxylic acids is 2. The molecule has 21 heavy (non-hydrogen) atoms. The second kappa shape index (κ2) is 9.06. The average Bonchev–Trinajstić information content (AvgIpc) is 2.97. The monoisotopic (exact) mass is 314 g/mol. The molecule has 0 aliphatic rings. The predicted octanol–water partition coefficient (Wildman–Crippen LogP) is 0.722. The van der Waals surface area contributed by atoms with Crippen molar-refractivity contribution in [3.05, 3.63) is 24.2 Å². The summed E-state index contributed by atoms with van der Waals surface area (Å²) in [5, 5.41) is 14.0. The largest absolute Gasteiger partial charge is 0.480 e. The van der Waals surface area contributed by atoms with Crippen LogP contribution in [0.2, 0.25) is 0 Å². The molecule has 2 amide bonds. The van der Waals surface area contributed by atoms with Gasteiger partial charge in [-0.15, -0.1) is 0 Å². The third-order valence-corrected chi connectivity index (χ3v) is 3.31. The molecule has 0 aliphatic carbocycles. The Morgan fingerprint density at radius 2 is 2.19 bits per heavy atom. The Kier molecular flexibility index (Phi) is 7.38. The van der Waals surface area contributed by atoms with Crippen LogP contribution < -0.4 is 10.6 Å². The Hall–Kier alpha value is -1.96. The molecule has 7 nitrogen and oxygen atoms in total. The average molecular weight is 314 g/mol. The van der Waals surface area contributed by atoms with Gasteiger partial charge in [-0.2, -0.15) is 11.8 Å². The highest BCUT2D eigenvalue weighted by molar-refractivity contribution is 7.98. The van der Waals surface area contributed by atoms with E-state index in [1.54, 1.807) is 0 Å². The van der Waals surface area contributed by atoms with Crippen LogP contribution in [-0.4, -0.2) is 47.5 Å². The van der Waals surface area contributed by atoms with Crippen LogP contribution in [0.4, 0.5) is 0 Å². The van der Waals surface area contributed by atoms with E-state index in [-0.39, 0.29) is 18.9 Å². The first-order valence-corrected chi connectivity index (χ1v) is 7.75. The van der Waals surface area contributed by atoms with Gasteiger partial charge in [0.25, 0.3) is 5.91 Å². The van der Waals surface area contributed by atoms with Crippen molar-refractivity contribution in [2.45, 2.75) is 18.9 Å². The van der Waals surface area contributed by atoms with E-state index >= 15 is 0 Å². The zero-order chi connectivity index (χ0) is 15.7. The first-order valence-electron chi connectivity index (χ1n) is 6.36. The quantitative estimate of drug-likeness (QED) is 0.620. The van der Waals surface area contributed by atoms with Crippen LogP contribution in [0.3, 0.4) is 0 Å². The number of carboxylic acid groups (broad SMARTS) is 1. The molecule has 0 aromatic carbocycles. The Morgan fingerprint density at radius 3 is 2.76 bits per heavy atom. The van der Waals surface area contributed by atoms with Gasteiger partial charge in [-0.05, 0) is 24.5 Å². The van der Waals surface area contributed by atoms with Gasteiger partial charge in [0.1, 0.15) is 12.3 Å². The maximum Gasteiger partial charge on any atom is 0.326 e. The summed E-state index contributed by atoms with van der Waals surface area (Å²) in [5.74, 6) is -1.15. The van der Waals surface area contributed by atoms with Crippen LogP contribution in [0.5, 0.6) is 0 Å². The summed E-state index contributed by atoms with van der Waals surface area (Å²) in [4.78, 5) is 34.2. The molecule has 8 heteroatoms. The summed E-state index contributed by atoms with van der Waals surface area (Å²) in [7, 11) is 0. The maximum absolute atomic E-state index is 11.6. The molecule has 0 saturated heterocycles. The SMILES string of the molecule is CSCC[C@@H](NC(=O)CCNC(=O)c1ccoc1)C(=O)O. The van der Waals surface area contributed by atoms with Crippen molar-refractivity contribution in [1.82, 2.24) is 10.6 Å². The minimum Gasteiger partial charge on any atom is -0.480 e. The molecule has 1 rings (SSSR count). The molecule has 1 aromatic rings. The Balaban J connectivity index is 2.29. The minimum absolute atomic E-state index is 0.0205. The lowest BCUT2D eigenvalue weighted by atomic mass is 10.2. The highest BCUT2D eigenvalue weighted by Gasteiger charge is 2.19. The second-order valence-corrected chi connectivity index (χ2v) is 5.24. The Morgan fingerprint density at radius 1 is 1.43 bits per heavy atom. The number of nitrogens with one attached hydrogen (secondary N) is 2. The van der Waals surface area contributed by atoms with Gasteiger partial charge in [0.05, 0.1) is 11.8 Å². The molecule has 1 aromatic heterocycles. The lowest BCUT2D eigenvalue weighted by Gasteiger charge is -2.14. The van der Waals surface area contributed by atoms with Crippen molar-refractivity contribution in [2.75, 3.05) is 18.6 Å². The van der Waals surface area contributed by atoms with E-state index in [2.05, 4.69) is 10.6 Å². The van der Waals surface area contributed by atoms with Crippen LogP contribution >= 0.6 is 11.8 Å². The number of carbonyl (C=O) groups is 3. The second-order valence-electron chi connectivity index (χ2n) is 4.26. The third kappa shape index (κ3) is 6.35. The molecule has 0 aliphatic heterocycles. The third-order valence-electron chi connectivity index (χ3n) is 2.66. The van der Waals surface area contributed by atoms with Crippen molar-refractivity contribution in [2.24, 2.45) is 0 Å². The smallest absolute Gasteiger partial charge is 0.326 e.